The Morgan fingerprint density at radius 1 is 1.53 bits per heavy atom. The molecule has 0 aliphatic rings. The third-order valence-electron chi connectivity index (χ3n) is 2.42. The van der Waals surface area contributed by atoms with Crippen molar-refractivity contribution in [2.45, 2.75) is 6.61 Å². The summed E-state index contributed by atoms with van der Waals surface area (Å²) in [6.07, 6.45) is 0. The van der Waals surface area contributed by atoms with Crippen molar-refractivity contribution >= 4 is 11.4 Å². The van der Waals surface area contributed by atoms with Crippen LogP contribution in [0.15, 0.2) is 18.2 Å². The topological polar surface area (TPSA) is 75.8 Å². The Kier molecular flexibility index (Phi) is 4.86. The van der Waals surface area contributed by atoms with Crippen molar-refractivity contribution in [3.05, 3.63) is 33.9 Å². The predicted octanol–water partition coefficient (Wildman–Crippen LogP) is 1.17. The molecule has 6 heteroatoms. The lowest BCUT2D eigenvalue weighted by Gasteiger charge is -2.21. The molecule has 0 fully saturated rings. The molecular formula is C11H16N2O4. The van der Waals surface area contributed by atoms with E-state index in [1.54, 1.807) is 6.07 Å². The predicted molar refractivity (Wildman–Crippen MR) is 64.2 cm³/mol. The number of nitro benzene ring substituents is 1. The third kappa shape index (κ3) is 3.40. The van der Waals surface area contributed by atoms with Crippen LogP contribution >= 0.6 is 0 Å². The van der Waals surface area contributed by atoms with Crippen LogP contribution in [-0.2, 0) is 11.3 Å². The lowest BCUT2D eigenvalue weighted by atomic mass is 10.1. The second kappa shape index (κ2) is 6.17. The molecule has 94 valence electrons. The summed E-state index contributed by atoms with van der Waals surface area (Å²) in [6, 6.07) is 4.61. The number of likely N-dealkylation sites (N-methyl/N-ethyl adjacent to an activating group) is 1. The van der Waals surface area contributed by atoms with Gasteiger partial charge in [0.15, 0.2) is 0 Å². The number of non-ortho nitro benzene ring substituents is 1. The number of aliphatic hydroxyl groups is 1. The van der Waals surface area contributed by atoms with Crippen molar-refractivity contribution in [2.24, 2.45) is 0 Å². The first-order valence-electron chi connectivity index (χ1n) is 5.18. The number of anilines is 1. The Hall–Kier alpha value is -1.66. The van der Waals surface area contributed by atoms with Gasteiger partial charge in [0.1, 0.15) is 0 Å². The van der Waals surface area contributed by atoms with Crippen molar-refractivity contribution in [1.29, 1.82) is 0 Å². The molecule has 17 heavy (non-hydrogen) atoms. The van der Waals surface area contributed by atoms with E-state index in [2.05, 4.69) is 0 Å². The minimum absolute atomic E-state index is 0.0277. The lowest BCUT2D eigenvalue weighted by Crippen LogP contribution is -2.22. The molecule has 0 atom stereocenters. The summed E-state index contributed by atoms with van der Waals surface area (Å²) in [5.41, 5.74) is 1.60. The van der Waals surface area contributed by atoms with Crippen molar-refractivity contribution in [3.8, 4) is 0 Å². The average Bonchev–Trinajstić information content (AvgIpc) is 2.29. The van der Waals surface area contributed by atoms with Crippen LogP contribution in [0.5, 0.6) is 0 Å². The van der Waals surface area contributed by atoms with Crippen molar-refractivity contribution in [3.63, 3.8) is 0 Å². The molecule has 0 aliphatic carbocycles. The van der Waals surface area contributed by atoms with Gasteiger partial charge in [0.2, 0.25) is 0 Å². The van der Waals surface area contributed by atoms with E-state index in [0.717, 1.165) is 11.3 Å². The number of hydrogen-bond donors (Lipinski definition) is 1. The molecule has 0 bridgehead atoms. The molecule has 0 spiro atoms. The maximum absolute atomic E-state index is 10.7. The fourth-order valence-corrected chi connectivity index (χ4v) is 1.60. The van der Waals surface area contributed by atoms with E-state index in [-0.39, 0.29) is 12.3 Å². The maximum atomic E-state index is 10.7. The number of methoxy groups -OCH3 is 1. The zero-order chi connectivity index (χ0) is 12.8. The van der Waals surface area contributed by atoms with Gasteiger partial charge in [0.25, 0.3) is 5.69 Å². The minimum Gasteiger partial charge on any atom is -0.395 e. The molecule has 0 saturated heterocycles. The van der Waals surface area contributed by atoms with E-state index < -0.39 is 4.92 Å². The molecule has 0 amide bonds. The number of benzene rings is 1. The Labute approximate surface area is 99.6 Å². The average molecular weight is 240 g/mol. The molecule has 0 aliphatic heterocycles. The zero-order valence-electron chi connectivity index (χ0n) is 9.92. The number of nitro groups is 1. The molecule has 0 saturated carbocycles. The Balaban J connectivity index is 3.07. The van der Waals surface area contributed by atoms with Crippen LogP contribution < -0.4 is 4.90 Å². The number of rotatable bonds is 6. The molecule has 6 nitrogen and oxygen atoms in total. The lowest BCUT2D eigenvalue weighted by molar-refractivity contribution is -0.384. The largest absolute Gasteiger partial charge is 0.395 e. The monoisotopic (exact) mass is 240 g/mol. The second-order valence-electron chi connectivity index (χ2n) is 3.65. The van der Waals surface area contributed by atoms with E-state index in [1.807, 2.05) is 11.9 Å². The van der Waals surface area contributed by atoms with Gasteiger partial charge in [0, 0.05) is 44.1 Å². The van der Waals surface area contributed by atoms with Crippen molar-refractivity contribution in [1.82, 2.24) is 0 Å². The van der Waals surface area contributed by atoms with E-state index in [1.165, 1.54) is 19.2 Å². The third-order valence-corrected chi connectivity index (χ3v) is 2.42. The van der Waals surface area contributed by atoms with Crippen LogP contribution in [-0.4, -0.2) is 37.3 Å². The SMILES string of the molecule is COCc1cc([N+](=O)[O-])ccc1N(C)CCO. The molecule has 1 N–H and O–H groups in total. The summed E-state index contributed by atoms with van der Waals surface area (Å²) in [7, 11) is 3.35. The summed E-state index contributed by atoms with van der Waals surface area (Å²) in [5, 5.41) is 19.6. The van der Waals surface area contributed by atoms with Crippen molar-refractivity contribution < 1.29 is 14.8 Å². The summed E-state index contributed by atoms with van der Waals surface area (Å²) in [5.74, 6) is 0. The molecule has 0 unspecified atom stereocenters. The minimum atomic E-state index is -0.436. The highest BCUT2D eigenvalue weighted by Crippen LogP contribution is 2.25. The van der Waals surface area contributed by atoms with E-state index in [4.69, 9.17) is 9.84 Å². The first kappa shape index (κ1) is 13.4. The Bertz CT molecular complexity index is 395. The number of aliphatic hydroxyl groups excluding tert-OH is 1. The highest BCUT2D eigenvalue weighted by Gasteiger charge is 2.13. The highest BCUT2D eigenvalue weighted by atomic mass is 16.6. The second-order valence-corrected chi connectivity index (χ2v) is 3.65. The maximum Gasteiger partial charge on any atom is 0.269 e. The Morgan fingerprint density at radius 3 is 2.76 bits per heavy atom. The molecule has 1 aromatic carbocycles. The first-order valence-corrected chi connectivity index (χ1v) is 5.18. The zero-order valence-corrected chi connectivity index (χ0v) is 9.92. The Morgan fingerprint density at radius 2 is 2.24 bits per heavy atom. The molecule has 0 heterocycles. The number of nitrogens with zero attached hydrogens (tertiary/aromatic N) is 2. The molecule has 0 aromatic heterocycles. The van der Waals surface area contributed by atoms with Gasteiger partial charge in [-0.1, -0.05) is 0 Å². The van der Waals surface area contributed by atoms with Gasteiger partial charge in [-0.3, -0.25) is 10.1 Å². The van der Waals surface area contributed by atoms with E-state index >= 15 is 0 Å². The van der Waals surface area contributed by atoms with Crippen LogP contribution in [0.25, 0.3) is 0 Å². The summed E-state index contributed by atoms with van der Waals surface area (Å²) in [4.78, 5) is 12.1. The van der Waals surface area contributed by atoms with Crippen LogP contribution in [0.4, 0.5) is 11.4 Å². The molecular weight excluding hydrogens is 224 g/mol. The van der Waals surface area contributed by atoms with Gasteiger partial charge >= 0.3 is 0 Å². The van der Waals surface area contributed by atoms with Gasteiger partial charge in [-0.15, -0.1) is 0 Å². The van der Waals surface area contributed by atoms with Gasteiger partial charge in [-0.25, -0.2) is 0 Å². The van der Waals surface area contributed by atoms with Gasteiger partial charge in [-0.05, 0) is 6.07 Å². The highest BCUT2D eigenvalue weighted by molar-refractivity contribution is 5.57. The van der Waals surface area contributed by atoms with Crippen molar-refractivity contribution in [2.75, 3.05) is 32.2 Å². The number of hydrogen-bond acceptors (Lipinski definition) is 5. The van der Waals surface area contributed by atoms with Gasteiger partial charge in [0.05, 0.1) is 18.1 Å². The molecule has 0 radical (unpaired) electrons. The smallest absolute Gasteiger partial charge is 0.269 e. The number of ether oxygens (including phenoxy) is 1. The normalized spacial score (nSPS) is 10.3. The van der Waals surface area contributed by atoms with Gasteiger partial charge < -0.3 is 14.7 Å². The molecule has 1 aromatic rings. The van der Waals surface area contributed by atoms with Crippen LogP contribution in [0.2, 0.25) is 0 Å². The van der Waals surface area contributed by atoms with Crippen LogP contribution in [0, 0.1) is 10.1 Å². The summed E-state index contributed by atoms with van der Waals surface area (Å²) in [6.45, 7) is 0.793. The van der Waals surface area contributed by atoms with E-state index in [0.29, 0.717) is 13.2 Å². The fourth-order valence-electron chi connectivity index (χ4n) is 1.60. The van der Waals surface area contributed by atoms with Crippen LogP contribution in [0.3, 0.4) is 0 Å². The van der Waals surface area contributed by atoms with Gasteiger partial charge in [-0.2, -0.15) is 0 Å². The standard InChI is InChI=1S/C11H16N2O4/c1-12(5-6-14)11-4-3-10(13(15)16)7-9(11)8-17-2/h3-4,7,14H,5-6,8H2,1-2H3. The quantitative estimate of drug-likeness (QED) is 0.596. The van der Waals surface area contributed by atoms with E-state index in [9.17, 15) is 10.1 Å². The summed E-state index contributed by atoms with van der Waals surface area (Å²) < 4.78 is 5.02. The fraction of sp³-hybridized carbons (Fsp3) is 0.455. The van der Waals surface area contributed by atoms with Crippen LogP contribution in [0.1, 0.15) is 5.56 Å². The first-order chi connectivity index (χ1) is 8.10. The molecule has 1 rings (SSSR count). The summed E-state index contributed by atoms with van der Waals surface area (Å²) >= 11 is 0.